The van der Waals surface area contributed by atoms with E-state index in [1.807, 2.05) is 25.3 Å². The van der Waals surface area contributed by atoms with Crippen LogP contribution in [-0.2, 0) is 6.18 Å². The monoisotopic (exact) mass is 439 g/mol. The summed E-state index contributed by atoms with van der Waals surface area (Å²) in [5.74, 6) is 0.839. The fraction of sp³-hybridized carbons (Fsp3) is 0.421. The van der Waals surface area contributed by atoms with Crippen LogP contribution in [0.1, 0.15) is 32.4 Å². The Morgan fingerprint density at radius 1 is 1.13 bits per heavy atom. The first kappa shape index (κ1) is 20.7. The highest BCUT2D eigenvalue weighted by molar-refractivity contribution is 6.31. The molecule has 7 nitrogen and oxygen atoms in total. The van der Waals surface area contributed by atoms with E-state index in [0.29, 0.717) is 36.2 Å². The molecule has 0 atom stereocenters. The van der Waals surface area contributed by atoms with Gasteiger partial charge in [0.2, 0.25) is 11.9 Å². The summed E-state index contributed by atoms with van der Waals surface area (Å²) in [4.78, 5) is 13.4. The van der Waals surface area contributed by atoms with E-state index in [1.165, 1.54) is 6.07 Å². The summed E-state index contributed by atoms with van der Waals surface area (Å²) < 4.78 is 41.4. The Hall–Kier alpha value is -2.59. The number of anilines is 3. The van der Waals surface area contributed by atoms with Crippen LogP contribution in [0.5, 0.6) is 0 Å². The molecular formula is C19H21ClF3N7. The fourth-order valence-electron chi connectivity index (χ4n) is 3.13. The minimum Gasteiger partial charge on any atom is -0.350 e. The minimum atomic E-state index is -4.50. The van der Waals surface area contributed by atoms with E-state index in [1.54, 1.807) is 6.20 Å². The Balaban J connectivity index is 1.76. The number of imidazole rings is 1. The predicted octanol–water partition coefficient (Wildman–Crippen LogP) is 4.60. The second-order valence-corrected chi connectivity index (χ2v) is 8.68. The number of rotatable bonds is 4. The van der Waals surface area contributed by atoms with Crippen molar-refractivity contribution in [2.24, 2.45) is 0 Å². The van der Waals surface area contributed by atoms with Gasteiger partial charge < -0.3 is 16.0 Å². The van der Waals surface area contributed by atoms with Gasteiger partial charge in [-0.15, -0.1) is 0 Å². The number of hydrogen-bond donors (Lipinski definition) is 3. The van der Waals surface area contributed by atoms with Crippen LogP contribution in [0, 0.1) is 0 Å². The zero-order valence-corrected chi connectivity index (χ0v) is 17.4. The highest BCUT2D eigenvalue weighted by atomic mass is 35.5. The number of nitrogens with one attached hydrogen (secondary N) is 3. The quantitative estimate of drug-likeness (QED) is 0.551. The first-order valence-corrected chi connectivity index (χ1v) is 9.76. The van der Waals surface area contributed by atoms with Gasteiger partial charge in [0, 0.05) is 29.3 Å². The summed E-state index contributed by atoms with van der Waals surface area (Å²) in [6.45, 7) is 7.40. The highest BCUT2D eigenvalue weighted by Crippen LogP contribution is 2.35. The van der Waals surface area contributed by atoms with Gasteiger partial charge in [0.1, 0.15) is 5.52 Å². The lowest BCUT2D eigenvalue weighted by Gasteiger charge is -2.30. The van der Waals surface area contributed by atoms with Crippen LogP contribution in [-0.4, -0.2) is 38.1 Å². The number of aromatic nitrogens is 4. The van der Waals surface area contributed by atoms with Crippen molar-refractivity contribution in [3.63, 3.8) is 0 Å². The molecule has 3 N–H and O–H groups in total. The standard InChI is InChI=1S/C19H21ClF3N7/c1-18(2,3)29-16-25-9-14-15(28-16)30(13-7-24-8-13)17(27-14)26-12-5-10(19(21,22)23)4-11(20)6-12/h4-6,9,13,24H,7-8H2,1-3H3,(H,26,27)(H,25,28,29). The molecule has 0 bridgehead atoms. The van der Waals surface area contributed by atoms with E-state index < -0.39 is 11.7 Å². The topological polar surface area (TPSA) is 79.7 Å². The maximum Gasteiger partial charge on any atom is 0.416 e. The van der Waals surface area contributed by atoms with Gasteiger partial charge >= 0.3 is 6.18 Å². The molecule has 30 heavy (non-hydrogen) atoms. The molecule has 0 amide bonds. The molecule has 0 aliphatic carbocycles. The predicted molar refractivity (Wildman–Crippen MR) is 110 cm³/mol. The average Bonchev–Trinajstić information content (AvgIpc) is 2.88. The van der Waals surface area contributed by atoms with Crippen LogP contribution in [0.15, 0.2) is 24.4 Å². The summed E-state index contributed by atoms with van der Waals surface area (Å²) in [6, 6.07) is 3.39. The van der Waals surface area contributed by atoms with Gasteiger partial charge in [-0.05, 0) is 39.0 Å². The Morgan fingerprint density at radius 2 is 1.87 bits per heavy atom. The number of benzene rings is 1. The second-order valence-electron chi connectivity index (χ2n) is 8.25. The molecule has 1 aliphatic heterocycles. The normalized spacial score (nSPS) is 15.3. The van der Waals surface area contributed by atoms with Crippen molar-refractivity contribution in [2.45, 2.75) is 38.5 Å². The number of nitrogens with zero attached hydrogens (tertiary/aromatic N) is 4. The lowest BCUT2D eigenvalue weighted by atomic mass is 10.1. The number of hydrogen-bond acceptors (Lipinski definition) is 6. The summed E-state index contributed by atoms with van der Waals surface area (Å²) in [5.41, 5.74) is 0.277. The molecule has 0 spiro atoms. The Kier molecular flexibility index (Phi) is 5.01. The molecule has 11 heteroatoms. The lowest BCUT2D eigenvalue weighted by Crippen LogP contribution is -2.43. The molecule has 0 radical (unpaired) electrons. The van der Waals surface area contributed by atoms with Crippen LogP contribution < -0.4 is 16.0 Å². The van der Waals surface area contributed by atoms with Gasteiger partial charge in [0.05, 0.1) is 17.8 Å². The van der Waals surface area contributed by atoms with E-state index in [9.17, 15) is 13.2 Å². The van der Waals surface area contributed by atoms with Crippen LogP contribution in [0.2, 0.25) is 5.02 Å². The van der Waals surface area contributed by atoms with E-state index in [0.717, 1.165) is 12.1 Å². The molecule has 3 heterocycles. The number of halogens is 4. The molecule has 2 aromatic heterocycles. The maximum absolute atomic E-state index is 13.2. The molecule has 1 aromatic carbocycles. The smallest absolute Gasteiger partial charge is 0.350 e. The Bertz CT molecular complexity index is 1080. The zero-order valence-electron chi connectivity index (χ0n) is 16.6. The van der Waals surface area contributed by atoms with Crippen molar-refractivity contribution in [1.82, 2.24) is 24.8 Å². The van der Waals surface area contributed by atoms with E-state index in [-0.39, 0.29) is 22.3 Å². The van der Waals surface area contributed by atoms with Gasteiger partial charge in [-0.1, -0.05) is 11.6 Å². The van der Waals surface area contributed by atoms with Crippen LogP contribution in [0.3, 0.4) is 0 Å². The van der Waals surface area contributed by atoms with Crippen molar-refractivity contribution >= 4 is 40.3 Å². The number of alkyl halides is 3. The second kappa shape index (κ2) is 7.28. The third-order valence-electron chi connectivity index (χ3n) is 4.53. The SMILES string of the molecule is CC(C)(C)Nc1ncc2nc(Nc3cc(Cl)cc(C(F)(F)F)c3)n(C3CNC3)c2n1. The molecule has 4 rings (SSSR count). The molecule has 160 valence electrons. The van der Waals surface area contributed by atoms with Crippen LogP contribution >= 0.6 is 11.6 Å². The van der Waals surface area contributed by atoms with Crippen molar-refractivity contribution < 1.29 is 13.2 Å². The first-order chi connectivity index (χ1) is 14.0. The minimum absolute atomic E-state index is 0.0169. The van der Waals surface area contributed by atoms with Gasteiger partial charge in [0.25, 0.3) is 0 Å². The molecule has 0 saturated carbocycles. The number of fused-ring (bicyclic) bond motifs is 1. The van der Waals surface area contributed by atoms with E-state index >= 15 is 0 Å². The maximum atomic E-state index is 13.2. The summed E-state index contributed by atoms with van der Waals surface area (Å²) in [5, 5.41) is 9.38. The van der Waals surface area contributed by atoms with Crippen LogP contribution in [0.25, 0.3) is 11.2 Å². The Morgan fingerprint density at radius 3 is 2.47 bits per heavy atom. The summed E-state index contributed by atoms with van der Waals surface area (Å²) in [6.07, 6.45) is -2.90. The van der Waals surface area contributed by atoms with Crippen molar-refractivity contribution in [1.29, 1.82) is 0 Å². The van der Waals surface area contributed by atoms with E-state index in [4.69, 9.17) is 11.6 Å². The van der Waals surface area contributed by atoms with Crippen LogP contribution in [0.4, 0.5) is 30.8 Å². The third kappa shape index (κ3) is 4.29. The molecule has 3 aromatic rings. The Labute approximate surface area is 176 Å². The molecule has 0 unspecified atom stereocenters. The van der Waals surface area contributed by atoms with Gasteiger partial charge in [0.15, 0.2) is 5.65 Å². The fourth-order valence-corrected chi connectivity index (χ4v) is 3.37. The van der Waals surface area contributed by atoms with Gasteiger partial charge in [-0.2, -0.15) is 18.2 Å². The molecule has 1 aliphatic rings. The van der Waals surface area contributed by atoms with Gasteiger partial charge in [-0.3, -0.25) is 4.57 Å². The molecule has 1 fully saturated rings. The summed E-state index contributed by atoms with van der Waals surface area (Å²) in [7, 11) is 0. The van der Waals surface area contributed by atoms with Crippen molar-refractivity contribution in [3.05, 3.63) is 35.0 Å². The largest absolute Gasteiger partial charge is 0.416 e. The summed E-state index contributed by atoms with van der Waals surface area (Å²) >= 11 is 5.92. The zero-order chi connectivity index (χ0) is 21.7. The third-order valence-corrected chi connectivity index (χ3v) is 4.74. The highest BCUT2D eigenvalue weighted by Gasteiger charge is 2.32. The van der Waals surface area contributed by atoms with E-state index in [2.05, 4.69) is 30.9 Å². The van der Waals surface area contributed by atoms with Crippen molar-refractivity contribution in [3.8, 4) is 0 Å². The molecule has 1 saturated heterocycles. The average molecular weight is 440 g/mol. The molecular weight excluding hydrogens is 419 g/mol. The van der Waals surface area contributed by atoms with Crippen molar-refractivity contribution in [2.75, 3.05) is 23.7 Å². The lowest BCUT2D eigenvalue weighted by molar-refractivity contribution is -0.137. The van der Waals surface area contributed by atoms with Gasteiger partial charge in [-0.25, -0.2) is 9.97 Å². The first-order valence-electron chi connectivity index (χ1n) is 9.38.